The second kappa shape index (κ2) is 8.78. The number of aromatic nitrogens is 1. The lowest BCUT2D eigenvalue weighted by molar-refractivity contribution is -0.131. The van der Waals surface area contributed by atoms with E-state index in [1.54, 1.807) is 17.0 Å². The van der Waals surface area contributed by atoms with E-state index in [2.05, 4.69) is 11.2 Å². The Bertz CT molecular complexity index is 1260. The molecule has 2 aromatic carbocycles. The molecule has 0 bridgehead atoms. The Balaban J connectivity index is 1.52. The van der Waals surface area contributed by atoms with Gasteiger partial charge in [0.05, 0.1) is 18.6 Å². The van der Waals surface area contributed by atoms with Crippen molar-refractivity contribution in [3.8, 4) is 17.1 Å². The van der Waals surface area contributed by atoms with Gasteiger partial charge in [-0.2, -0.15) is 0 Å². The maximum atomic E-state index is 13.2. The SMILES string of the molecule is COc1ccc(-c2onc(C)c2C)cc1S(=O)(=O)CCC(=O)N1CCc2ccccc2C1. The highest BCUT2D eigenvalue weighted by molar-refractivity contribution is 7.91. The molecule has 0 aliphatic carbocycles. The van der Waals surface area contributed by atoms with Gasteiger partial charge in [-0.3, -0.25) is 4.79 Å². The van der Waals surface area contributed by atoms with Crippen molar-refractivity contribution in [2.75, 3.05) is 19.4 Å². The molecule has 8 heteroatoms. The number of aryl methyl sites for hydroxylation is 1. The molecular weight excluding hydrogens is 428 g/mol. The first-order valence-corrected chi connectivity index (χ1v) is 12.1. The highest BCUT2D eigenvalue weighted by Gasteiger charge is 2.26. The Labute approximate surface area is 187 Å². The van der Waals surface area contributed by atoms with Crippen LogP contribution < -0.4 is 4.74 Å². The highest BCUT2D eigenvalue weighted by atomic mass is 32.2. The number of carbonyl (C=O) groups is 1. The van der Waals surface area contributed by atoms with Crippen LogP contribution in [0.25, 0.3) is 11.3 Å². The van der Waals surface area contributed by atoms with Crippen LogP contribution in [0.4, 0.5) is 0 Å². The van der Waals surface area contributed by atoms with Crippen LogP contribution in [-0.2, 0) is 27.6 Å². The van der Waals surface area contributed by atoms with Crippen LogP contribution in [0.15, 0.2) is 51.9 Å². The van der Waals surface area contributed by atoms with Crippen molar-refractivity contribution >= 4 is 15.7 Å². The molecule has 0 N–H and O–H groups in total. The molecule has 1 amide bonds. The minimum Gasteiger partial charge on any atom is -0.495 e. The molecule has 3 aromatic rings. The fourth-order valence-electron chi connectivity index (χ4n) is 3.94. The molecule has 7 nitrogen and oxygen atoms in total. The lowest BCUT2D eigenvalue weighted by atomic mass is 10.00. The summed E-state index contributed by atoms with van der Waals surface area (Å²) in [5, 5.41) is 3.95. The number of hydrogen-bond donors (Lipinski definition) is 0. The average Bonchev–Trinajstić information content (AvgIpc) is 3.14. The Kier molecular flexibility index (Phi) is 6.06. The summed E-state index contributed by atoms with van der Waals surface area (Å²) >= 11 is 0. The van der Waals surface area contributed by atoms with E-state index in [0.29, 0.717) is 24.4 Å². The maximum Gasteiger partial charge on any atom is 0.223 e. The molecule has 0 saturated heterocycles. The Morgan fingerprint density at radius 1 is 1.16 bits per heavy atom. The summed E-state index contributed by atoms with van der Waals surface area (Å²) < 4.78 is 37.0. The first kappa shape index (κ1) is 22.1. The molecule has 0 radical (unpaired) electrons. The monoisotopic (exact) mass is 454 g/mol. The molecular formula is C24H26N2O5S. The predicted octanol–water partition coefficient (Wildman–Crippen LogP) is 3.72. The molecule has 1 aromatic heterocycles. The van der Waals surface area contributed by atoms with E-state index in [-0.39, 0.29) is 28.7 Å². The summed E-state index contributed by atoms with van der Waals surface area (Å²) in [6, 6.07) is 12.9. The van der Waals surface area contributed by atoms with Crippen molar-refractivity contribution in [1.82, 2.24) is 10.1 Å². The van der Waals surface area contributed by atoms with Crippen LogP contribution in [0.3, 0.4) is 0 Å². The zero-order chi connectivity index (χ0) is 22.9. The third-order valence-corrected chi connectivity index (χ3v) is 7.72. The number of ether oxygens (including phenoxy) is 1. The minimum absolute atomic E-state index is 0.0442. The van der Waals surface area contributed by atoms with E-state index in [1.165, 1.54) is 18.7 Å². The van der Waals surface area contributed by atoms with Gasteiger partial charge in [-0.15, -0.1) is 0 Å². The third kappa shape index (κ3) is 4.27. The molecule has 0 fully saturated rings. The van der Waals surface area contributed by atoms with E-state index in [9.17, 15) is 13.2 Å². The largest absolute Gasteiger partial charge is 0.495 e. The number of methoxy groups -OCH3 is 1. The van der Waals surface area contributed by atoms with Gasteiger partial charge in [0.15, 0.2) is 15.6 Å². The lowest BCUT2D eigenvalue weighted by Crippen LogP contribution is -2.36. The summed E-state index contributed by atoms with van der Waals surface area (Å²) in [7, 11) is -2.34. The molecule has 168 valence electrons. The minimum atomic E-state index is -3.77. The van der Waals surface area contributed by atoms with Crippen LogP contribution in [0.1, 0.15) is 28.8 Å². The van der Waals surface area contributed by atoms with Gasteiger partial charge in [0, 0.05) is 30.6 Å². The van der Waals surface area contributed by atoms with Gasteiger partial charge in [-0.25, -0.2) is 8.42 Å². The van der Waals surface area contributed by atoms with Gasteiger partial charge in [0.1, 0.15) is 10.6 Å². The van der Waals surface area contributed by atoms with Gasteiger partial charge < -0.3 is 14.2 Å². The van der Waals surface area contributed by atoms with Gasteiger partial charge in [-0.05, 0) is 49.6 Å². The fraction of sp³-hybridized carbons (Fsp3) is 0.333. The summed E-state index contributed by atoms with van der Waals surface area (Å²) in [5.74, 6) is 0.296. The van der Waals surface area contributed by atoms with Gasteiger partial charge in [0.2, 0.25) is 5.91 Å². The molecule has 0 unspecified atom stereocenters. The molecule has 0 saturated carbocycles. The van der Waals surface area contributed by atoms with E-state index in [1.807, 2.05) is 32.0 Å². The van der Waals surface area contributed by atoms with Gasteiger partial charge >= 0.3 is 0 Å². The first-order valence-electron chi connectivity index (χ1n) is 10.5. The number of sulfone groups is 1. The summed E-state index contributed by atoms with van der Waals surface area (Å²) in [5.41, 5.74) is 4.54. The molecule has 32 heavy (non-hydrogen) atoms. The summed E-state index contributed by atoms with van der Waals surface area (Å²) in [4.78, 5) is 14.6. The van der Waals surface area contributed by atoms with Crippen LogP contribution >= 0.6 is 0 Å². The third-order valence-electron chi connectivity index (χ3n) is 5.99. The Hall–Kier alpha value is -3.13. The van der Waals surface area contributed by atoms with Crippen molar-refractivity contribution in [3.05, 3.63) is 64.8 Å². The van der Waals surface area contributed by atoms with Crippen molar-refractivity contribution in [2.45, 2.75) is 38.1 Å². The quantitative estimate of drug-likeness (QED) is 0.564. The number of fused-ring (bicyclic) bond motifs is 1. The first-order chi connectivity index (χ1) is 15.3. The number of hydrogen-bond acceptors (Lipinski definition) is 6. The van der Waals surface area contributed by atoms with E-state index in [4.69, 9.17) is 9.26 Å². The number of carbonyl (C=O) groups excluding carboxylic acids is 1. The molecule has 2 heterocycles. The molecule has 1 aliphatic rings. The average molecular weight is 455 g/mol. The fourth-order valence-corrected chi connectivity index (χ4v) is 5.37. The van der Waals surface area contributed by atoms with Crippen molar-refractivity contribution in [1.29, 1.82) is 0 Å². The summed E-state index contributed by atoms with van der Waals surface area (Å²) in [6.07, 6.45) is 0.693. The second-order valence-electron chi connectivity index (χ2n) is 7.99. The van der Waals surface area contributed by atoms with Crippen LogP contribution in [0.2, 0.25) is 0 Å². The van der Waals surface area contributed by atoms with E-state index in [0.717, 1.165) is 23.2 Å². The van der Waals surface area contributed by atoms with Crippen LogP contribution in [0.5, 0.6) is 5.75 Å². The predicted molar refractivity (Wildman–Crippen MR) is 120 cm³/mol. The Morgan fingerprint density at radius 3 is 2.59 bits per heavy atom. The second-order valence-corrected chi connectivity index (χ2v) is 10.1. The zero-order valence-corrected chi connectivity index (χ0v) is 19.2. The van der Waals surface area contributed by atoms with Crippen LogP contribution in [-0.4, -0.2) is 43.8 Å². The molecule has 4 rings (SSSR count). The highest BCUT2D eigenvalue weighted by Crippen LogP contribution is 2.33. The van der Waals surface area contributed by atoms with Crippen LogP contribution in [0, 0.1) is 13.8 Å². The van der Waals surface area contributed by atoms with Crippen molar-refractivity contribution in [2.24, 2.45) is 0 Å². The topological polar surface area (TPSA) is 89.7 Å². The lowest BCUT2D eigenvalue weighted by Gasteiger charge is -2.29. The normalized spacial score (nSPS) is 13.7. The Morgan fingerprint density at radius 2 is 1.91 bits per heavy atom. The van der Waals surface area contributed by atoms with Gasteiger partial charge in [-0.1, -0.05) is 29.4 Å². The number of rotatable bonds is 6. The maximum absolute atomic E-state index is 13.2. The number of nitrogens with zero attached hydrogens (tertiary/aromatic N) is 2. The smallest absolute Gasteiger partial charge is 0.223 e. The van der Waals surface area contributed by atoms with E-state index >= 15 is 0 Å². The standard InChI is InChI=1S/C24H26N2O5S/c1-16-17(2)25-31-24(16)19-8-9-21(30-3)22(14-19)32(28,29)13-11-23(27)26-12-10-18-6-4-5-7-20(18)15-26/h4-9,14H,10-13,15H2,1-3H3. The van der Waals surface area contributed by atoms with E-state index < -0.39 is 9.84 Å². The van der Waals surface area contributed by atoms with Gasteiger partial charge in [0.25, 0.3) is 0 Å². The summed E-state index contributed by atoms with van der Waals surface area (Å²) in [6.45, 7) is 4.81. The van der Waals surface area contributed by atoms with Crippen molar-refractivity contribution in [3.63, 3.8) is 0 Å². The number of amides is 1. The molecule has 0 atom stereocenters. The zero-order valence-electron chi connectivity index (χ0n) is 18.4. The molecule has 1 aliphatic heterocycles. The number of benzene rings is 2. The van der Waals surface area contributed by atoms with Crippen molar-refractivity contribution < 1.29 is 22.5 Å². The molecule has 0 spiro atoms.